The molecule has 0 aromatic heterocycles. The van der Waals surface area contributed by atoms with Crippen LogP contribution in [0, 0.1) is 5.92 Å². The van der Waals surface area contributed by atoms with Gasteiger partial charge in [-0.3, -0.25) is 0 Å². The molecule has 0 unspecified atom stereocenters. The zero-order valence-corrected chi connectivity index (χ0v) is 23.1. The molecule has 5 rings (SSSR count). The Bertz CT molecular complexity index is 1220. The first-order valence-corrected chi connectivity index (χ1v) is 13.8. The summed E-state index contributed by atoms with van der Waals surface area (Å²) < 4.78 is 0. The monoisotopic (exact) mass is 524 g/mol. The van der Waals surface area contributed by atoms with Crippen molar-refractivity contribution >= 4 is 0 Å². The largest absolute Gasteiger partial charge is 0.508 e. The molecule has 0 bridgehead atoms. The summed E-state index contributed by atoms with van der Waals surface area (Å²) in [5.74, 6) is 1.73. The fourth-order valence-electron chi connectivity index (χ4n) is 6.16. The highest BCUT2D eigenvalue weighted by Gasteiger charge is 2.37. The van der Waals surface area contributed by atoms with Gasteiger partial charge in [-0.25, -0.2) is 0 Å². The first kappa shape index (κ1) is 28.1. The van der Waals surface area contributed by atoms with Crippen LogP contribution in [0.5, 0.6) is 23.0 Å². The van der Waals surface area contributed by atoms with Crippen LogP contribution in [0.15, 0.2) is 97.1 Å². The zero-order valence-electron chi connectivity index (χ0n) is 23.1. The van der Waals surface area contributed by atoms with Gasteiger partial charge < -0.3 is 20.4 Å². The molecule has 0 radical (unpaired) electrons. The smallest absolute Gasteiger partial charge is 0.115 e. The SMILES string of the molecule is CC(C)CC(C)(c1ccc(O)cc1)c1ccc(O)cc1.Oc1ccc(C2(c3ccc(O)cc3)CCCC2)cc1. The van der Waals surface area contributed by atoms with Gasteiger partial charge in [-0.05, 0) is 96.0 Å². The van der Waals surface area contributed by atoms with Crippen LogP contribution in [0.25, 0.3) is 0 Å². The molecule has 1 saturated carbocycles. The lowest BCUT2D eigenvalue weighted by Gasteiger charge is -2.33. The van der Waals surface area contributed by atoms with Gasteiger partial charge >= 0.3 is 0 Å². The lowest BCUT2D eigenvalue weighted by molar-refractivity contribution is 0.424. The number of rotatable bonds is 6. The van der Waals surface area contributed by atoms with Crippen molar-refractivity contribution in [1.82, 2.24) is 0 Å². The first-order valence-electron chi connectivity index (χ1n) is 13.8. The Morgan fingerprint density at radius 2 is 0.872 bits per heavy atom. The summed E-state index contributed by atoms with van der Waals surface area (Å²) in [7, 11) is 0. The van der Waals surface area contributed by atoms with Crippen LogP contribution in [-0.4, -0.2) is 20.4 Å². The summed E-state index contributed by atoms with van der Waals surface area (Å²) in [5.41, 5.74) is 4.78. The Morgan fingerprint density at radius 3 is 1.18 bits per heavy atom. The van der Waals surface area contributed by atoms with Gasteiger partial charge in [0, 0.05) is 10.8 Å². The normalized spacial score (nSPS) is 14.6. The summed E-state index contributed by atoms with van der Waals surface area (Å²) >= 11 is 0. The highest BCUT2D eigenvalue weighted by atomic mass is 16.3. The van der Waals surface area contributed by atoms with Gasteiger partial charge in [-0.2, -0.15) is 0 Å². The van der Waals surface area contributed by atoms with E-state index in [2.05, 4.69) is 20.8 Å². The number of aromatic hydroxyl groups is 4. The van der Waals surface area contributed by atoms with Gasteiger partial charge in [0.15, 0.2) is 0 Å². The average Bonchev–Trinajstić information content (AvgIpc) is 3.41. The molecule has 1 aliphatic rings. The zero-order chi connectivity index (χ0) is 28.0. The van der Waals surface area contributed by atoms with Gasteiger partial charge in [-0.1, -0.05) is 82.1 Å². The second kappa shape index (κ2) is 11.9. The second-order valence-corrected chi connectivity index (χ2v) is 11.4. The van der Waals surface area contributed by atoms with Gasteiger partial charge in [0.25, 0.3) is 0 Å². The van der Waals surface area contributed by atoms with Gasteiger partial charge in [-0.15, -0.1) is 0 Å². The molecule has 0 atom stereocenters. The maximum absolute atomic E-state index is 9.48. The Kier molecular flexibility index (Phi) is 8.54. The third-order valence-corrected chi connectivity index (χ3v) is 8.12. The van der Waals surface area contributed by atoms with E-state index in [-0.39, 0.29) is 22.3 Å². The molecule has 4 N–H and O–H groups in total. The molecule has 4 aromatic rings. The maximum atomic E-state index is 9.48. The third-order valence-electron chi connectivity index (χ3n) is 8.12. The minimum absolute atomic E-state index is 0.0431. The first-order chi connectivity index (χ1) is 18.6. The molecule has 4 heteroatoms. The molecule has 4 aromatic carbocycles. The van der Waals surface area contributed by atoms with Gasteiger partial charge in [0.2, 0.25) is 0 Å². The van der Waals surface area contributed by atoms with Crippen LogP contribution in [0.4, 0.5) is 0 Å². The van der Waals surface area contributed by atoms with Crippen molar-refractivity contribution < 1.29 is 20.4 Å². The molecule has 204 valence electrons. The predicted octanol–water partition coefficient (Wildman–Crippen LogP) is 8.41. The van der Waals surface area contributed by atoms with Crippen LogP contribution < -0.4 is 0 Å². The minimum Gasteiger partial charge on any atom is -0.508 e. The topological polar surface area (TPSA) is 80.9 Å². The molecule has 1 fully saturated rings. The summed E-state index contributed by atoms with van der Waals surface area (Å²) in [6, 6.07) is 30.0. The lowest BCUT2D eigenvalue weighted by Crippen LogP contribution is -2.25. The molecule has 0 spiro atoms. The number of benzene rings is 4. The molecule has 39 heavy (non-hydrogen) atoms. The van der Waals surface area contributed by atoms with E-state index in [1.165, 1.54) is 35.1 Å². The lowest BCUT2D eigenvalue weighted by atomic mass is 9.71. The van der Waals surface area contributed by atoms with Crippen molar-refractivity contribution in [2.24, 2.45) is 5.92 Å². The van der Waals surface area contributed by atoms with Crippen molar-refractivity contribution in [2.75, 3.05) is 0 Å². The van der Waals surface area contributed by atoms with E-state index in [1.54, 1.807) is 48.5 Å². The Labute approximate surface area is 232 Å². The van der Waals surface area contributed by atoms with Crippen LogP contribution in [0.2, 0.25) is 0 Å². The molecule has 1 aliphatic carbocycles. The van der Waals surface area contributed by atoms with E-state index in [9.17, 15) is 20.4 Å². The third kappa shape index (κ3) is 6.39. The number of hydrogen-bond donors (Lipinski definition) is 4. The molecular weight excluding hydrogens is 484 g/mol. The van der Waals surface area contributed by atoms with E-state index in [0.29, 0.717) is 17.4 Å². The highest BCUT2D eigenvalue weighted by Crippen LogP contribution is 2.47. The van der Waals surface area contributed by atoms with Gasteiger partial charge in [0.1, 0.15) is 23.0 Å². The predicted molar refractivity (Wildman–Crippen MR) is 158 cm³/mol. The molecular formula is C35H40O4. The minimum atomic E-state index is -0.129. The van der Waals surface area contributed by atoms with Crippen LogP contribution >= 0.6 is 0 Å². The highest BCUT2D eigenvalue weighted by molar-refractivity contribution is 5.44. The van der Waals surface area contributed by atoms with E-state index < -0.39 is 0 Å². The number of phenolic OH excluding ortho intramolecular Hbond substituents is 4. The fourth-order valence-corrected chi connectivity index (χ4v) is 6.16. The average molecular weight is 525 g/mol. The van der Waals surface area contributed by atoms with Gasteiger partial charge in [0.05, 0.1) is 0 Å². The van der Waals surface area contributed by atoms with Crippen molar-refractivity contribution in [1.29, 1.82) is 0 Å². The molecule has 0 heterocycles. The van der Waals surface area contributed by atoms with Crippen LogP contribution in [0.1, 0.15) is 75.1 Å². The van der Waals surface area contributed by atoms with Crippen molar-refractivity contribution in [3.05, 3.63) is 119 Å². The molecule has 4 nitrogen and oxygen atoms in total. The van der Waals surface area contributed by atoms with Crippen molar-refractivity contribution in [3.8, 4) is 23.0 Å². The van der Waals surface area contributed by atoms with E-state index in [4.69, 9.17) is 0 Å². The number of hydrogen-bond acceptors (Lipinski definition) is 4. The Balaban J connectivity index is 0.000000181. The number of phenols is 4. The fraction of sp³-hybridized carbons (Fsp3) is 0.314. The molecule has 0 saturated heterocycles. The second-order valence-electron chi connectivity index (χ2n) is 11.4. The standard InChI is InChI=1S/C18H22O2.C17H18O2/c1-13(2)12-18(3,14-4-8-16(19)9-5-14)15-6-10-17(20)11-7-15;18-15-7-3-13(4-8-15)17(11-1-2-12-17)14-5-9-16(19)10-6-14/h4-11,13,19-20H,12H2,1-3H3;3-10,18-19H,1-2,11-12H2. The molecule has 0 aliphatic heterocycles. The summed E-state index contributed by atoms with van der Waals surface area (Å²) in [5, 5.41) is 37.9. The van der Waals surface area contributed by atoms with Crippen LogP contribution in [0.3, 0.4) is 0 Å². The quantitative estimate of drug-likeness (QED) is 0.204. The van der Waals surface area contributed by atoms with E-state index in [1.807, 2.05) is 48.5 Å². The Hall–Kier alpha value is -3.92. The van der Waals surface area contributed by atoms with E-state index in [0.717, 1.165) is 19.3 Å². The molecule has 0 amide bonds. The van der Waals surface area contributed by atoms with E-state index >= 15 is 0 Å². The maximum Gasteiger partial charge on any atom is 0.115 e. The summed E-state index contributed by atoms with van der Waals surface area (Å²) in [6.07, 6.45) is 5.71. The van der Waals surface area contributed by atoms with Crippen LogP contribution in [-0.2, 0) is 10.8 Å². The Morgan fingerprint density at radius 1 is 0.564 bits per heavy atom. The summed E-state index contributed by atoms with van der Waals surface area (Å²) in [4.78, 5) is 0. The van der Waals surface area contributed by atoms with Crippen molar-refractivity contribution in [2.45, 2.75) is 63.7 Å². The van der Waals surface area contributed by atoms with Crippen molar-refractivity contribution in [3.63, 3.8) is 0 Å². The summed E-state index contributed by atoms with van der Waals surface area (Å²) in [6.45, 7) is 6.63.